The van der Waals surface area contributed by atoms with E-state index in [1.165, 1.54) is 12.1 Å². The monoisotopic (exact) mass is 423 g/mol. The third kappa shape index (κ3) is 4.20. The first-order valence-corrected chi connectivity index (χ1v) is 11.0. The summed E-state index contributed by atoms with van der Waals surface area (Å²) in [5, 5.41) is 8.39. The van der Waals surface area contributed by atoms with Crippen LogP contribution in [0.5, 0.6) is 5.88 Å². The highest BCUT2D eigenvalue weighted by molar-refractivity contribution is 7.89. The van der Waals surface area contributed by atoms with Gasteiger partial charge >= 0.3 is 0 Å². The minimum Gasteiger partial charge on any atom is -0.470 e. The molecular weight excluding hydrogens is 402 g/mol. The molecule has 0 radical (unpaired) electrons. The normalized spacial score (nSPS) is 15.9. The Hall–Kier alpha value is -3.22. The molecule has 1 fully saturated rings. The number of nitrogens with one attached hydrogen (secondary N) is 1. The Morgan fingerprint density at radius 3 is 2.47 bits per heavy atom. The highest BCUT2D eigenvalue weighted by Gasteiger charge is 2.41. The Bertz CT molecular complexity index is 1260. The van der Waals surface area contributed by atoms with Gasteiger partial charge in [0.1, 0.15) is 11.3 Å². The van der Waals surface area contributed by atoms with E-state index in [0.29, 0.717) is 28.6 Å². The maximum Gasteiger partial charge on any atom is 0.246 e. The van der Waals surface area contributed by atoms with Gasteiger partial charge < -0.3 is 10.1 Å². The van der Waals surface area contributed by atoms with Gasteiger partial charge in [-0.1, -0.05) is 18.1 Å². The molecule has 0 aliphatic heterocycles. The molecule has 1 saturated carbocycles. The van der Waals surface area contributed by atoms with Crippen LogP contribution in [0.1, 0.15) is 44.0 Å². The highest BCUT2D eigenvalue weighted by atomic mass is 32.2. The lowest BCUT2D eigenvalue weighted by Crippen LogP contribution is -2.16. The maximum atomic E-state index is 11.4. The van der Waals surface area contributed by atoms with Crippen LogP contribution in [-0.2, 0) is 10.0 Å². The third-order valence-electron chi connectivity index (χ3n) is 5.01. The van der Waals surface area contributed by atoms with E-state index in [1.54, 1.807) is 24.3 Å². The van der Waals surface area contributed by atoms with E-state index in [4.69, 9.17) is 16.3 Å². The zero-order chi connectivity index (χ0) is 21.5. The van der Waals surface area contributed by atoms with Crippen molar-refractivity contribution in [3.8, 4) is 18.2 Å². The molecule has 9 heteroatoms. The van der Waals surface area contributed by atoms with Crippen molar-refractivity contribution in [2.24, 2.45) is 5.14 Å². The molecule has 2 heterocycles. The van der Waals surface area contributed by atoms with Crippen molar-refractivity contribution in [1.82, 2.24) is 15.0 Å². The van der Waals surface area contributed by atoms with Gasteiger partial charge in [-0.25, -0.2) is 23.5 Å². The molecule has 0 unspecified atom stereocenters. The lowest BCUT2D eigenvalue weighted by Gasteiger charge is -2.18. The van der Waals surface area contributed by atoms with Gasteiger partial charge in [-0.15, -0.1) is 6.42 Å². The van der Waals surface area contributed by atoms with Crippen LogP contribution in [0, 0.1) is 12.3 Å². The van der Waals surface area contributed by atoms with Gasteiger partial charge in [0.2, 0.25) is 21.9 Å². The minimum atomic E-state index is -3.73. The number of fused-ring (bicyclic) bond motifs is 1. The Morgan fingerprint density at radius 2 is 1.87 bits per heavy atom. The fourth-order valence-electron chi connectivity index (χ4n) is 2.94. The Kier molecular flexibility index (Phi) is 4.84. The molecule has 0 spiro atoms. The topological polar surface area (TPSA) is 120 Å². The van der Waals surface area contributed by atoms with Crippen LogP contribution in [-0.4, -0.2) is 29.0 Å². The number of nitrogens with two attached hydrogens (primary N) is 1. The van der Waals surface area contributed by atoms with Gasteiger partial charge in [-0.3, -0.25) is 0 Å². The number of sulfonamides is 1. The van der Waals surface area contributed by atoms with Gasteiger partial charge in [0.25, 0.3) is 0 Å². The number of terminal acetylenes is 1. The quantitative estimate of drug-likeness (QED) is 0.585. The van der Waals surface area contributed by atoms with Crippen molar-refractivity contribution in [2.75, 3.05) is 5.32 Å². The zero-order valence-electron chi connectivity index (χ0n) is 16.6. The van der Waals surface area contributed by atoms with Crippen molar-refractivity contribution < 1.29 is 13.2 Å². The van der Waals surface area contributed by atoms with Crippen molar-refractivity contribution in [2.45, 2.75) is 43.2 Å². The molecule has 2 aromatic heterocycles. The summed E-state index contributed by atoms with van der Waals surface area (Å²) in [5.74, 6) is 3.28. The number of nitrogens with zero attached hydrogens (tertiary/aromatic N) is 3. The lowest BCUT2D eigenvalue weighted by atomic mass is 10.1. The molecule has 1 aliphatic carbocycles. The molecule has 154 valence electrons. The number of primary sulfonamides is 1. The van der Waals surface area contributed by atoms with Crippen LogP contribution < -0.4 is 15.2 Å². The smallest absolute Gasteiger partial charge is 0.246 e. The Morgan fingerprint density at radius 1 is 1.17 bits per heavy atom. The summed E-state index contributed by atoms with van der Waals surface area (Å²) in [5.41, 5.74) is 2.22. The zero-order valence-corrected chi connectivity index (χ0v) is 17.4. The number of aromatic nitrogens is 3. The van der Waals surface area contributed by atoms with Crippen molar-refractivity contribution in [3.63, 3.8) is 0 Å². The molecule has 8 nitrogen and oxygen atoms in total. The van der Waals surface area contributed by atoms with Crippen LogP contribution in [0.3, 0.4) is 0 Å². The Balaban J connectivity index is 1.66. The molecule has 1 aliphatic rings. The molecular formula is C21H21N5O3S. The number of benzene rings is 1. The summed E-state index contributed by atoms with van der Waals surface area (Å²) in [7, 11) is -3.73. The number of hydrogen-bond donors (Lipinski definition) is 2. The summed E-state index contributed by atoms with van der Waals surface area (Å²) < 4.78 is 29.0. The van der Waals surface area contributed by atoms with Gasteiger partial charge in [0.15, 0.2) is 5.52 Å². The highest BCUT2D eigenvalue weighted by Crippen LogP contribution is 2.40. The summed E-state index contributed by atoms with van der Waals surface area (Å²) in [6.07, 6.45) is 7.37. The molecule has 1 atom stereocenters. The summed E-state index contributed by atoms with van der Waals surface area (Å²) in [4.78, 5) is 13.6. The lowest BCUT2D eigenvalue weighted by molar-refractivity contribution is 0.194. The molecule has 1 aromatic carbocycles. The minimum absolute atomic E-state index is 0.0594. The van der Waals surface area contributed by atoms with Crippen LogP contribution in [0.15, 0.2) is 41.3 Å². The van der Waals surface area contributed by atoms with Crippen molar-refractivity contribution in [3.05, 3.63) is 47.7 Å². The molecule has 3 aromatic rings. The van der Waals surface area contributed by atoms with E-state index >= 15 is 0 Å². The number of pyridine rings is 1. The number of rotatable bonds is 6. The first kappa shape index (κ1) is 20.1. The predicted octanol–water partition coefficient (Wildman–Crippen LogP) is 2.76. The third-order valence-corrected chi connectivity index (χ3v) is 5.94. The SMILES string of the molecule is C#Cc1ccc2nc(N[C@H](C)c3ccc(S(N)(=O)=O)cc3)nc(OC3(C)CC3)c2n1. The summed E-state index contributed by atoms with van der Waals surface area (Å²) >= 11 is 0. The second kappa shape index (κ2) is 7.23. The van der Waals surface area contributed by atoms with E-state index in [-0.39, 0.29) is 16.5 Å². The van der Waals surface area contributed by atoms with E-state index in [0.717, 1.165) is 18.4 Å². The van der Waals surface area contributed by atoms with Gasteiger partial charge in [-0.05, 0) is 56.5 Å². The summed E-state index contributed by atoms with van der Waals surface area (Å²) in [6, 6.07) is 9.65. The molecule has 0 bridgehead atoms. The molecule has 0 amide bonds. The van der Waals surface area contributed by atoms with E-state index in [2.05, 4.69) is 26.2 Å². The first-order valence-electron chi connectivity index (χ1n) is 9.41. The molecule has 3 N–H and O–H groups in total. The van der Waals surface area contributed by atoms with Crippen LogP contribution in [0.25, 0.3) is 11.0 Å². The predicted molar refractivity (Wildman–Crippen MR) is 113 cm³/mol. The van der Waals surface area contributed by atoms with Gasteiger partial charge in [0.05, 0.1) is 16.5 Å². The molecule has 4 rings (SSSR count). The van der Waals surface area contributed by atoms with Crippen LogP contribution in [0.4, 0.5) is 5.95 Å². The average Bonchev–Trinajstić information content (AvgIpc) is 3.43. The first-order chi connectivity index (χ1) is 14.2. The van der Waals surface area contributed by atoms with Crippen molar-refractivity contribution >= 4 is 27.0 Å². The number of anilines is 1. The average molecular weight is 423 g/mol. The fraction of sp³-hybridized carbons (Fsp3) is 0.286. The van der Waals surface area contributed by atoms with E-state index < -0.39 is 10.0 Å². The second-order valence-electron chi connectivity index (χ2n) is 7.59. The van der Waals surface area contributed by atoms with Crippen LogP contribution >= 0.6 is 0 Å². The fourth-order valence-corrected chi connectivity index (χ4v) is 3.45. The Labute approximate surface area is 175 Å². The number of ether oxygens (including phenoxy) is 1. The molecule has 30 heavy (non-hydrogen) atoms. The van der Waals surface area contributed by atoms with Crippen LogP contribution in [0.2, 0.25) is 0 Å². The maximum absolute atomic E-state index is 11.4. The summed E-state index contributed by atoms with van der Waals surface area (Å²) in [6.45, 7) is 3.94. The van der Waals surface area contributed by atoms with Crippen molar-refractivity contribution in [1.29, 1.82) is 0 Å². The van der Waals surface area contributed by atoms with Gasteiger partial charge in [-0.2, -0.15) is 4.98 Å². The largest absolute Gasteiger partial charge is 0.470 e. The van der Waals surface area contributed by atoms with E-state index in [9.17, 15) is 8.42 Å². The second-order valence-corrected chi connectivity index (χ2v) is 9.15. The van der Waals surface area contributed by atoms with E-state index in [1.807, 2.05) is 13.8 Å². The molecule has 0 saturated heterocycles. The van der Waals surface area contributed by atoms with Gasteiger partial charge in [0, 0.05) is 0 Å². The number of hydrogen-bond acceptors (Lipinski definition) is 7. The standard InChI is InChI=1S/C21H21N5O3S/c1-4-15-7-10-17-18(24-15)19(29-21(3)11-12-21)26-20(25-17)23-13(2)14-5-8-16(9-6-14)30(22,27)28/h1,5-10,13H,11-12H2,2-3H3,(H2,22,27,28)(H,23,25,26)/t13-/m1/s1.